The van der Waals surface area contributed by atoms with Crippen molar-refractivity contribution in [2.45, 2.75) is 205 Å². The summed E-state index contributed by atoms with van der Waals surface area (Å²) in [5.74, 6) is 10.9. The molecule has 2 N–H and O–H groups in total. The lowest BCUT2D eigenvalue weighted by Gasteiger charge is -2.41. The summed E-state index contributed by atoms with van der Waals surface area (Å²) in [5.41, 5.74) is 4.44. The second-order valence-corrected chi connectivity index (χ2v) is 26.1. The number of aryl methyl sites for hydroxylation is 2. The van der Waals surface area contributed by atoms with E-state index in [9.17, 15) is 33.9 Å². The number of carbonyl (C=O) groups is 6. The van der Waals surface area contributed by atoms with Crippen molar-refractivity contribution in [2.75, 3.05) is 27.3 Å². The summed E-state index contributed by atoms with van der Waals surface area (Å²) in [6.07, 6.45) is 16.3. The van der Waals surface area contributed by atoms with Crippen molar-refractivity contribution in [1.82, 2.24) is 20.2 Å². The predicted octanol–water partition coefficient (Wildman–Crippen LogP) is 10.8. The Morgan fingerprint density at radius 3 is 2.24 bits per heavy atom. The lowest BCUT2D eigenvalue weighted by molar-refractivity contribution is -0.158. The number of fused-ring (bicyclic) bond motifs is 6. The Bertz CT molecular complexity index is 3340. The van der Waals surface area contributed by atoms with Gasteiger partial charge in [0.2, 0.25) is 17.7 Å². The molecule has 464 valence electrons. The van der Waals surface area contributed by atoms with Gasteiger partial charge in [-0.25, -0.2) is 14.8 Å². The number of para-hydroxylation sites is 2. The minimum absolute atomic E-state index is 0.0233. The zero-order valence-corrected chi connectivity index (χ0v) is 51.6. The molecule has 10 atom stereocenters. The number of rotatable bonds is 13. The number of carboxylic acid groups (broad SMARTS) is 1. The van der Waals surface area contributed by atoms with Crippen LogP contribution in [-0.4, -0.2) is 120 Å². The predicted molar refractivity (Wildman–Crippen MR) is 326 cm³/mol. The minimum Gasteiger partial charge on any atom is -0.481 e. The highest BCUT2D eigenvalue weighted by atomic mass is 16.6. The Morgan fingerprint density at radius 2 is 1.53 bits per heavy atom. The van der Waals surface area contributed by atoms with Crippen molar-refractivity contribution in [3.8, 4) is 35.4 Å². The van der Waals surface area contributed by atoms with E-state index in [2.05, 4.69) is 35.9 Å². The Labute approximate surface area is 511 Å². The molecular weight excluding hydrogens is 1100 g/mol. The van der Waals surface area contributed by atoms with Gasteiger partial charge in [0.1, 0.15) is 36.5 Å². The molecule has 0 spiro atoms. The summed E-state index contributed by atoms with van der Waals surface area (Å²) in [6.45, 7) is 8.91. The van der Waals surface area contributed by atoms with Crippen LogP contribution >= 0.6 is 0 Å². The number of aromatic nitrogens is 2. The number of esters is 4. The fraction of sp³-hybridized carbons (Fsp3) is 0.600. The number of benzene rings is 2. The van der Waals surface area contributed by atoms with Crippen LogP contribution in [0, 0.1) is 72.0 Å². The van der Waals surface area contributed by atoms with Gasteiger partial charge in [-0.3, -0.25) is 24.0 Å². The van der Waals surface area contributed by atoms with Crippen LogP contribution in [0.2, 0.25) is 0 Å². The number of aliphatic carboxylic acids is 1. The second-order valence-electron chi connectivity index (χ2n) is 26.1. The second kappa shape index (κ2) is 27.9. The quantitative estimate of drug-likeness (QED) is 0.0550. The smallest absolute Gasteiger partial charge is 0.328 e. The number of ether oxygens (including phenoxy) is 6. The number of nitrogens with one attached hydrogen (secondary N) is 1. The number of methoxy groups -OCH3 is 2. The molecule has 2 saturated heterocycles. The Balaban J connectivity index is 0.000000193. The number of unbranched alkanes of at least 4 members (excludes halogenated alkanes) is 1. The summed E-state index contributed by atoms with van der Waals surface area (Å²) in [6, 6.07) is 14.6. The van der Waals surface area contributed by atoms with Crippen LogP contribution in [0.4, 0.5) is 0 Å². The van der Waals surface area contributed by atoms with Gasteiger partial charge in [0.15, 0.2) is 0 Å². The molecule has 17 heteroatoms. The van der Waals surface area contributed by atoms with Gasteiger partial charge >= 0.3 is 29.8 Å². The number of hydrogen-bond donors (Lipinski definition) is 2. The molecule has 4 aromatic rings. The van der Waals surface area contributed by atoms with Gasteiger partial charge in [-0.1, -0.05) is 112 Å². The van der Waals surface area contributed by atoms with E-state index in [0.717, 1.165) is 153 Å². The average molecular weight is 1190 g/mol. The zero-order chi connectivity index (χ0) is 61.4. The SMILES string of the molecule is COC(=O)[C@@H]1C[C@@H](Oc2nc3ccccc3c(C)c2C#CCCC[C@@H]2C[C@H]2OC(=O)C[C@H](C(=O)O)C2(C)CCCCC2)CN1.COC(=O)[C@@H]1C[C@@H]2CN1C(=O)[C@H](C1(C)CCCCC1)CC(=O)O[C@@H]1C[C@H]1CCCC#Cc1c(nc3ccccc3c1C)O2. The maximum Gasteiger partial charge on any atom is 0.328 e. The summed E-state index contributed by atoms with van der Waals surface area (Å²) in [4.78, 5) is 88.6. The number of hydrogen-bond acceptors (Lipinski definition) is 15. The van der Waals surface area contributed by atoms with Crippen molar-refractivity contribution >= 4 is 57.6 Å². The van der Waals surface area contributed by atoms with Crippen LogP contribution in [0.15, 0.2) is 48.5 Å². The van der Waals surface area contributed by atoms with Crippen molar-refractivity contribution in [2.24, 2.45) is 34.5 Å². The fourth-order valence-corrected chi connectivity index (χ4v) is 14.3. The van der Waals surface area contributed by atoms with E-state index in [-0.39, 0.29) is 72.8 Å². The van der Waals surface area contributed by atoms with Crippen LogP contribution in [-0.2, 0) is 47.7 Å². The van der Waals surface area contributed by atoms with E-state index in [0.29, 0.717) is 43.0 Å². The highest BCUT2D eigenvalue weighted by Gasteiger charge is 2.51. The van der Waals surface area contributed by atoms with Gasteiger partial charge in [0.05, 0.1) is 67.6 Å². The van der Waals surface area contributed by atoms with Crippen LogP contribution in [0.5, 0.6) is 11.8 Å². The molecule has 4 aliphatic carbocycles. The summed E-state index contributed by atoms with van der Waals surface area (Å²) in [7, 11) is 2.72. The average Bonchev–Trinajstić information content (AvgIpc) is 2.28. The van der Waals surface area contributed by atoms with Crippen LogP contribution in [0.1, 0.15) is 177 Å². The van der Waals surface area contributed by atoms with Gasteiger partial charge in [0, 0.05) is 43.0 Å². The van der Waals surface area contributed by atoms with Crippen molar-refractivity contribution in [3.05, 3.63) is 70.8 Å². The van der Waals surface area contributed by atoms with Crippen molar-refractivity contribution in [1.29, 1.82) is 0 Å². The van der Waals surface area contributed by atoms with E-state index in [1.807, 2.05) is 69.3 Å². The molecule has 0 radical (unpaired) electrons. The van der Waals surface area contributed by atoms with E-state index >= 15 is 0 Å². The first-order chi connectivity index (χ1) is 41.9. The van der Waals surface area contributed by atoms with Crippen LogP contribution < -0.4 is 14.8 Å². The number of amides is 1. The maximum atomic E-state index is 14.5. The normalized spacial score (nSPS) is 26.8. The maximum absolute atomic E-state index is 14.5. The standard InChI is InChI=1S/C35H44N2O7.C35H42N2O6/c1-22-25-13-8-9-15-28(25)37-32(43-24-19-29(36-21-24)34(41)42-3)26(22)14-7-4-6-12-23-18-30(23)44-31(38)20-27(33(39)40)35(2)16-10-5-11-17-35;1-22-25-13-8-9-15-28(25)36-32-26(22)14-7-4-6-12-23-18-30(23)43-31(38)20-27(35(2)16-10-5-11-17-35)33(39)37-21-24(42-32)19-29(37)34(40)41-3/h8-9,13,15,23-24,27,29-30,36H,4-6,10-12,16-21H2,1-3H3,(H,39,40);8-9,13,15,23-24,27,29-30H,4-6,10-12,16-21H2,1-3H3/t2*23-,24-,27-,29+,30-/m11/s1. The molecule has 11 rings (SSSR count). The topological polar surface area (TPSA) is 219 Å². The molecule has 0 unspecified atom stereocenters. The van der Waals surface area contributed by atoms with E-state index < -0.39 is 47.9 Å². The zero-order valence-electron chi connectivity index (χ0n) is 51.6. The first-order valence-corrected chi connectivity index (χ1v) is 31.9. The van der Waals surface area contributed by atoms with Gasteiger partial charge in [-0.05, 0) is 124 Å². The minimum atomic E-state index is -0.895. The Kier molecular flexibility index (Phi) is 20.1. The third-order valence-electron chi connectivity index (χ3n) is 19.9. The summed E-state index contributed by atoms with van der Waals surface area (Å²) >= 11 is 0. The van der Waals surface area contributed by atoms with Crippen molar-refractivity contribution < 1.29 is 62.3 Å². The molecule has 2 aromatic heterocycles. The molecular formula is C70H86N4O13. The molecule has 1 amide bonds. The monoisotopic (exact) mass is 1190 g/mol. The number of pyridine rings is 2. The molecule has 2 aromatic carbocycles. The number of carboxylic acids is 1. The molecule has 7 aliphatic rings. The Hall–Kier alpha value is -7.24. The molecule has 87 heavy (non-hydrogen) atoms. The lowest BCUT2D eigenvalue weighted by Crippen LogP contribution is -2.49. The Morgan fingerprint density at radius 1 is 0.839 bits per heavy atom. The van der Waals surface area contributed by atoms with Gasteiger partial charge in [-0.15, -0.1) is 0 Å². The molecule has 2 bridgehead atoms. The van der Waals surface area contributed by atoms with E-state index in [1.54, 1.807) is 4.90 Å². The van der Waals surface area contributed by atoms with Crippen LogP contribution in [0.3, 0.4) is 0 Å². The first kappa shape index (κ1) is 62.8. The molecule has 6 fully saturated rings. The lowest BCUT2D eigenvalue weighted by atomic mass is 9.65. The van der Waals surface area contributed by atoms with E-state index in [4.69, 9.17) is 38.4 Å². The largest absolute Gasteiger partial charge is 0.481 e. The van der Waals surface area contributed by atoms with Crippen molar-refractivity contribution in [3.63, 3.8) is 0 Å². The number of nitrogens with zero attached hydrogens (tertiary/aromatic N) is 3. The van der Waals surface area contributed by atoms with Gasteiger partial charge in [-0.2, -0.15) is 0 Å². The first-order valence-electron chi connectivity index (χ1n) is 31.9. The summed E-state index contributed by atoms with van der Waals surface area (Å²) in [5, 5.41) is 15.0. The fourth-order valence-electron chi connectivity index (χ4n) is 14.3. The molecule has 17 nitrogen and oxygen atoms in total. The molecule has 3 aliphatic heterocycles. The highest BCUT2D eigenvalue weighted by molar-refractivity contribution is 5.90. The third-order valence-corrected chi connectivity index (χ3v) is 19.9. The summed E-state index contributed by atoms with van der Waals surface area (Å²) < 4.78 is 34.4. The van der Waals surface area contributed by atoms with Gasteiger partial charge < -0.3 is 43.7 Å². The third kappa shape index (κ3) is 15.0. The molecule has 5 heterocycles. The molecule has 4 saturated carbocycles. The van der Waals surface area contributed by atoms with E-state index in [1.165, 1.54) is 14.2 Å². The van der Waals surface area contributed by atoms with Gasteiger partial charge in [0.25, 0.3) is 0 Å². The highest BCUT2D eigenvalue weighted by Crippen LogP contribution is 2.48. The van der Waals surface area contributed by atoms with Crippen LogP contribution in [0.25, 0.3) is 21.8 Å². The number of carbonyl (C=O) groups excluding carboxylic acids is 5.